The summed E-state index contributed by atoms with van der Waals surface area (Å²) in [6, 6.07) is 17.7. The Morgan fingerprint density at radius 3 is 2.67 bits per heavy atom. The van der Waals surface area contributed by atoms with E-state index < -0.39 is 0 Å². The number of aromatic nitrogens is 1. The van der Waals surface area contributed by atoms with Crippen molar-refractivity contribution in [2.45, 2.75) is 57.7 Å². The van der Waals surface area contributed by atoms with Crippen molar-refractivity contribution >= 4 is 28.1 Å². The zero-order chi connectivity index (χ0) is 32.4. The maximum atomic E-state index is 12.7. The van der Waals surface area contributed by atoms with Gasteiger partial charge in [0, 0.05) is 54.8 Å². The molecule has 0 spiro atoms. The van der Waals surface area contributed by atoms with E-state index >= 15 is 0 Å². The molecule has 3 heterocycles. The van der Waals surface area contributed by atoms with E-state index in [0.717, 1.165) is 49.2 Å². The van der Waals surface area contributed by atoms with Crippen molar-refractivity contribution in [1.29, 1.82) is 10.5 Å². The molecule has 1 aromatic heterocycles. The molecule has 1 aliphatic carbocycles. The monoisotopic (exact) mass is 617 g/mol. The SMILES string of the molecule is C=CC(=O)N1CCN(c2c(C#N)c(OC[C@@H]3CCCC3N(C)C)nc3c2CCN(c2cccc4cccc(C)c24)C3)C[C@@H]1CC#N. The summed E-state index contributed by atoms with van der Waals surface area (Å²) in [5.41, 5.74) is 5.69. The van der Waals surface area contributed by atoms with E-state index in [4.69, 9.17) is 9.72 Å². The number of pyridine rings is 1. The van der Waals surface area contributed by atoms with Crippen LogP contribution >= 0.6 is 0 Å². The summed E-state index contributed by atoms with van der Waals surface area (Å²) in [7, 11) is 4.24. The predicted octanol–water partition coefficient (Wildman–Crippen LogP) is 5.20. The van der Waals surface area contributed by atoms with Gasteiger partial charge in [0.25, 0.3) is 0 Å². The zero-order valence-corrected chi connectivity index (χ0v) is 27.2. The lowest BCUT2D eigenvalue weighted by atomic mass is 9.95. The second-order valence-corrected chi connectivity index (χ2v) is 13.0. The van der Waals surface area contributed by atoms with E-state index in [1.165, 1.54) is 28.1 Å². The van der Waals surface area contributed by atoms with Gasteiger partial charge in [0.15, 0.2) is 0 Å². The van der Waals surface area contributed by atoms with Crippen LogP contribution in [0.4, 0.5) is 11.4 Å². The number of fused-ring (bicyclic) bond motifs is 2. The van der Waals surface area contributed by atoms with Crippen LogP contribution in [-0.2, 0) is 17.8 Å². The van der Waals surface area contributed by atoms with Gasteiger partial charge in [-0.05, 0) is 63.4 Å². The van der Waals surface area contributed by atoms with Crippen molar-refractivity contribution in [2.75, 3.05) is 56.7 Å². The molecule has 9 heteroatoms. The molecule has 0 radical (unpaired) electrons. The van der Waals surface area contributed by atoms with Crippen LogP contribution in [0, 0.1) is 35.5 Å². The minimum atomic E-state index is -0.304. The van der Waals surface area contributed by atoms with Crippen LogP contribution in [0.2, 0.25) is 0 Å². The number of rotatable bonds is 8. The minimum absolute atomic E-state index is 0.172. The third kappa shape index (κ3) is 5.88. The predicted molar refractivity (Wildman–Crippen MR) is 181 cm³/mol. The quantitative estimate of drug-likeness (QED) is 0.318. The van der Waals surface area contributed by atoms with E-state index in [1.54, 1.807) is 4.90 Å². The van der Waals surface area contributed by atoms with Crippen LogP contribution in [0.5, 0.6) is 5.88 Å². The normalized spacial score (nSPS) is 21.2. The lowest BCUT2D eigenvalue weighted by Crippen LogP contribution is -2.55. The Hall–Kier alpha value is -4.60. The molecule has 2 aliphatic heterocycles. The highest BCUT2D eigenvalue weighted by Crippen LogP contribution is 2.40. The number of anilines is 2. The summed E-state index contributed by atoms with van der Waals surface area (Å²) < 4.78 is 6.54. The molecule has 0 bridgehead atoms. The molecule has 1 amide bonds. The Kier molecular flexibility index (Phi) is 9.15. The number of carbonyl (C=O) groups is 1. The van der Waals surface area contributed by atoms with Gasteiger partial charge in [0.2, 0.25) is 11.8 Å². The fourth-order valence-electron chi connectivity index (χ4n) is 7.89. The van der Waals surface area contributed by atoms with Crippen LogP contribution < -0.4 is 14.5 Å². The van der Waals surface area contributed by atoms with Gasteiger partial charge in [-0.15, -0.1) is 0 Å². The molecule has 1 unspecified atom stereocenters. The average molecular weight is 618 g/mol. The molecule has 2 fully saturated rings. The smallest absolute Gasteiger partial charge is 0.246 e. The molecule has 0 N–H and O–H groups in total. The number of amides is 1. The zero-order valence-electron chi connectivity index (χ0n) is 27.2. The Bertz CT molecular complexity index is 1720. The maximum Gasteiger partial charge on any atom is 0.246 e. The first-order valence-corrected chi connectivity index (χ1v) is 16.4. The third-order valence-electron chi connectivity index (χ3n) is 10.1. The van der Waals surface area contributed by atoms with Gasteiger partial charge in [0.05, 0.1) is 43.1 Å². The molecule has 3 atom stereocenters. The number of hydrogen-bond acceptors (Lipinski definition) is 8. The number of benzene rings is 2. The van der Waals surface area contributed by atoms with Gasteiger partial charge in [-0.2, -0.15) is 10.5 Å². The molecule has 6 rings (SSSR count). The van der Waals surface area contributed by atoms with Crippen LogP contribution in [0.15, 0.2) is 49.1 Å². The molecule has 46 heavy (non-hydrogen) atoms. The van der Waals surface area contributed by atoms with Gasteiger partial charge in [-0.1, -0.05) is 43.3 Å². The molecule has 238 valence electrons. The van der Waals surface area contributed by atoms with Gasteiger partial charge in [-0.25, -0.2) is 4.98 Å². The standard InChI is InChI=1S/C37H43N7O2/c1-5-34(45)44-20-19-43(22-28(44)15-17-38)36-29-16-18-42(33-14-7-11-26-10-6-9-25(2)35(26)33)23-31(29)40-37(30(36)21-39)46-24-27-12-8-13-32(27)41(3)4/h5-7,9-11,14,27-28,32H,1,8,12-13,15-16,18-20,22-24H2,2-4H3/t27-,28-,32?/m0/s1. The van der Waals surface area contributed by atoms with E-state index in [1.807, 2.05) is 0 Å². The summed E-state index contributed by atoms with van der Waals surface area (Å²) in [4.78, 5) is 26.4. The second kappa shape index (κ2) is 13.4. The number of hydrogen-bond donors (Lipinski definition) is 0. The Morgan fingerprint density at radius 2 is 1.93 bits per heavy atom. The van der Waals surface area contributed by atoms with Gasteiger partial charge >= 0.3 is 0 Å². The highest BCUT2D eigenvalue weighted by Gasteiger charge is 2.36. The lowest BCUT2D eigenvalue weighted by molar-refractivity contribution is -0.128. The molecule has 9 nitrogen and oxygen atoms in total. The van der Waals surface area contributed by atoms with Crippen molar-refractivity contribution in [3.63, 3.8) is 0 Å². The summed E-state index contributed by atoms with van der Waals surface area (Å²) >= 11 is 0. The lowest BCUT2D eigenvalue weighted by Gasteiger charge is -2.43. The van der Waals surface area contributed by atoms with Crippen molar-refractivity contribution < 1.29 is 9.53 Å². The summed E-state index contributed by atoms with van der Waals surface area (Å²) in [5.74, 6) is 0.582. The number of piperazine rings is 1. The molecule has 3 aliphatic rings. The number of ether oxygens (including phenoxy) is 1. The molecular weight excluding hydrogens is 574 g/mol. The van der Waals surface area contributed by atoms with Crippen molar-refractivity contribution in [3.05, 3.63) is 71.4 Å². The first-order valence-electron chi connectivity index (χ1n) is 16.4. The summed E-state index contributed by atoms with van der Waals surface area (Å²) in [6.45, 7) is 9.15. The van der Waals surface area contributed by atoms with Gasteiger partial charge in [-0.3, -0.25) is 4.79 Å². The van der Waals surface area contributed by atoms with E-state index in [9.17, 15) is 15.3 Å². The van der Waals surface area contributed by atoms with Gasteiger partial charge < -0.3 is 24.3 Å². The van der Waals surface area contributed by atoms with Crippen LogP contribution in [0.1, 0.15) is 48.1 Å². The first kappa shape index (κ1) is 31.4. The molecule has 3 aromatic rings. The number of aryl methyl sites for hydroxylation is 1. The van der Waals surface area contributed by atoms with E-state index in [0.29, 0.717) is 56.2 Å². The molecule has 2 aromatic carbocycles. The third-order valence-corrected chi connectivity index (χ3v) is 10.1. The fraction of sp³-hybridized carbons (Fsp3) is 0.459. The topological polar surface area (TPSA) is 99.7 Å². The van der Waals surface area contributed by atoms with Crippen molar-refractivity contribution in [1.82, 2.24) is 14.8 Å². The first-order chi connectivity index (χ1) is 22.3. The average Bonchev–Trinajstić information content (AvgIpc) is 3.55. The molecule has 1 saturated heterocycles. The van der Waals surface area contributed by atoms with Crippen LogP contribution in [0.3, 0.4) is 0 Å². The summed E-state index contributed by atoms with van der Waals surface area (Å²) in [5, 5.41) is 22.7. The van der Waals surface area contributed by atoms with E-state index in [2.05, 4.69) is 90.8 Å². The van der Waals surface area contributed by atoms with Crippen LogP contribution in [-0.4, -0.2) is 79.7 Å². The maximum absolute atomic E-state index is 12.7. The second-order valence-electron chi connectivity index (χ2n) is 13.0. The van der Waals surface area contributed by atoms with Crippen molar-refractivity contribution in [3.8, 4) is 18.0 Å². The molecular formula is C37H43N7O2. The fourth-order valence-corrected chi connectivity index (χ4v) is 7.89. The number of carbonyl (C=O) groups excluding carboxylic acids is 1. The van der Waals surface area contributed by atoms with Crippen molar-refractivity contribution in [2.24, 2.45) is 5.92 Å². The van der Waals surface area contributed by atoms with Gasteiger partial charge in [0.1, 0.15) is 11.6 Å². The highest BCUT2D eigenvalue weighted by atomic mass is 16.5. The number of nitriles is 2. The van der Waals surface area contributed by atoms with E-state index in [-0.39, 0.29) is 18.4 Å². The Balaban J connectivity index is 1.40. The minimum Gasteiger partial charge on any atom is -0.476 e. The Labute approximate surface area is 272 Å². The summed E-state index contributed by atoms with van der Waals surface area (Å²) in [6.07, 6.45) is 5.63. The number of nitrogens with zero attached hydrogens (tertiary/aromatic N) is 7. The largest absolute Gasteiger partial charge is 0.476 e. The molecule has 1 saturated carbocycles. The van der Waals surface area contributed by atoms with Crippen LogP contribution in [0.25, 0.3) is 10.8 Å². The Morgan fingerprint density at radius 1 is 1.13 bits per heavy atom. The highest BCUT2D eigenvalue weighted by molar-refractivity contribution is 5.97.